The van der Waals surface area contributed by atoms with Crippen LogP contribution in [0.2, 0.25) is 0 Å². The lowest BCUT2D eigenvalue weighted by atomic mass is 10.1. The van der Waals surface area contributed by atoms with Gasteiger partial charge in [-0.1, -0.05) is 26.0 Å². The minimum absolute atomic E-state index is 0.133. The van der Waals surface area contributed by atoms with Crippen molar-refractivity contribution in [3.8, 4) is 0 Å². The highest BCUT2D eigenvalue weighted by atomic mass is 32.2. The summed E-state index contributed by atoms with van der Waals surface area (Å²) in [7, 11) is 0. The maximum absolute atomic E-state index is 13.4. The lowest BCUT2D eigenvalue weighted by Crippen LogP contribution is -2.32. The summed E-state index contributed by atoms with van der Waals surface area (Å²) in [5.41, 5.74) is 2.58. The van der Waals surface area contributed by atoms with E-state index in [0.717, 1.165) is 18.8 Å². The summed E-state index contributed by atoms with van der Waals surface area (Å²) in [5, 5.41) is 0.133. The molecule has 6 heteroatoms. The molecule has 2 heterocycles. The number of thioether (sulfide) groups is 1. The van der Waals surface area contributed by atoms with Gasteiger partial charge in [-0.15, -0.1) is 11.8 Å². The lowest BCUT2D eigenvalue weighted by molar-refractivity contribution is -0.119. The van der Waals surface area contributed by atoms with Gasteiger partial charge in [0.25, 0.3) is 11.8 Å². The highest BCUT2D eigenvalue weighted by molar-refractivity contribution is 8.04. The molecule has 30 heavy (non-hydrogen) atoms. The standard InChI is InChI=1S/C24H25FN2O2S/c1-16(2)30-22-21(17-6-8-18(25)9-7-17)23(28)27(24(22)29)20-12-10-19(11-13-20)26-14-4-3-5-15-26/h6-13,16H,3-5,14-15H2,1-2H3. The van der Waals surface area contributed by atoms with E-state index in [1.54, 1.807) is 12.1 Å². The summed E-state index contributed by atoms with van der Waals surface area (Å²) in [6.07, 6.45) is 3.64. The molecule has 4 nitrogen and oxygen atoms in total. The number of hydrogen-bond donors (Lipinski definition) is 0. The second-order valence-corrected chi connectivity index (χ2v) is 9.47. The molecule has 0 aromatic heterocycles. The third-order valence-electron chi connectivity index (χ3n) is 5.36. The van der Waals surface area contributed by atoms with Gasteiger partial charge < -0.3 is 4.90 Å². The van der Waals surface area contributed by atoms with Crippen molar-refractivity contribution in [2.45, 2.75) is 38.4 Å². The third kappa shape index (κ3) is 4.01. The van der Waals surface area contributed by atoms with E-state index in [-0.39, 0.29) is 22.9 Å². The number of carbonyl (C=O) groups excluding carboxylic acids is 2. The van der Waals surface area contributed by atoms with Gasteiger partial charge in [-0.05, 0) is 61.2 Å². The molecule has 0 saturated carbocycles. The van der Waals surface area contributed by atoms with Crippen LogP contribution in [0.3, 0.4) is 0 Å². The quantitative estimate of drug-likeness (QED) is 0.616. The summed E-state index contributed by atoms with van der Waals surface area (Å²) in [6.45, 7) is 6.03. The number of hydrogen-bond acceptors (Lipinski definition) is 4. The van der Waals surface area contributed by atoms with Crippen LogP contribution in [0.1, 0.15) is 38.7 Å². The maximum Gasteiger partial charge on any atom is 0.272 e. The van der Waals surface area contributed by atoms with Gasteiger partial charge >= 0.3 is 0 Å². The Balaban J connectivity index is 1.66. The first kappa shape index (κ1) is 20.7. The van der Waals surface area contributed by atoms with Gasteiger partial charge in [0.15, 0.2) is 0 Å². The fourth-order valence-electron chi connectivity index (χ4n) is 3.92. The number of piperidine rings is 1. The molecule has 0 N–H and O–H groups in total. The Morgan fingerprint density at radius 1 is 0.833 bits per heavy atom. The Hall–Kier alpha value is -2.60. The molecule has 2 amide bonds. The van der Waals surface area contributed by atoms with Crippen LogP contribution in [-0.4, -0.2) is 30.2 Å². The van der Waals surface area contributed by atoms with E-state index >= 15 is 0 Å². The van der Waals surface area contributed by atoms with E-state index < -0.39 is 0 Å². The third-order valence-corrected chi connectivity index (χ3v) is 6.44. The molecule has 0 aliphatic carbocycles. The molecule has 2 aliphatic rings. The SMILES string of the molecule is CC(C)SC1=C(c2ccc(F)cc2)C(=O)N(c2ccc(N3CCCCC3)cc2)C1=O. The molecule has 0 atom stereocenters. The molecule has 156 valence electrons. The van der Waals surface area contributed by atoms with Crippen LogP contribution in [0.15, 0.2) is 53.4 Å². The Morgan fingerprint density at radius 2 is 1.43 bits per heavy atom. The predicted octanol–water partition coefficient (Wildman–Crippen LogP) is 5.24. The first-order chi connectivity index (χ1) is 14.5. The highest BCUT2D eigenvalue weighted by Gasteiger charge is 2.40. The van der Waals surface area contributed by atoms with Crippen LogP contribution >= 0.6 is 11.8 Å². The number of carbonyl (C=O) groups is 2. The number of halogens is 1. The first-order valence-electron chi connectivity index (χ1n) is 10.4. The zero-order valence-electron chi connectivity index (χ0n) is 17.2. The molecule has 1 fully saturated rings. The van der Waals surface area contributed by atoms with Crippen molar-refractivity contribution in [1.29, 1.82) is 0 Å². The average Bonchev–Trinajstić information content (AvgIpc) is 2.99. The van der Waals surface area contributed by atoms with Gasteiger partial charge in [0, 0.05) is 24.0 Å². The van der Waals surface area contributed by atoms with Crippen LogP contribution in [0.5, 0.6) is 0 Å². The lowest BCUT2D eigenvalue weighted by Gasteiger charge is -2.29. The summed E-state index contributed by atoms with van der Waals surface area (Å²) in [6, 6.07) is 13.4. The molecular formula is C24H25FN2O2S. The van der Waals surface area contributed by atoms with Crippen molar-refractivity contribution in [3.63, 3.8) is 0 Å². The van der Waals surface area contributed by atoms with Gasteiger partial charge in [-0.3, -0.25) is 9.59 Å². The van der Waals surface area contributed by atoms with Crippen molar-refractivity contribution in [2.75, 3.05) is 22.9 Å². The van der Waals surface area contributed by atoms with E-state index in [9.17, 15) is 14.0 Å². The van der Waals surface area contributed by atoms with Crippen LogP contribution < -0.4 is 9.80 Å². The van der Waals surface area contributed by atoms with Crippen LogP contribution in [0, 0.1) is 5.82 Å². The van der Waals surface area contributed by atoms with Crippen LogP contribution in [0.4, 0.5) is 15.8 Å². The monoisotopic (exact) mass is 424 g/mol. The topological polar surface area (TPSA) is 40.6 Å². The van der Waals surface area contributed by atoms with Gasteiger partial charge in [0.05, 0.1) is 16.2 Å². The number of nitrogens with zero attached hydrogens (tertiary/aromatic N) is 2. The van der Waals surface area contributed by atoms with Crippen LogP contribution in [0.25, 0.3) is 5.57 Å². The van der Waals surface area contributed by atoms with Crippen molar-refractivity contribution in [2.24, 2.45) is 0 Å². The zero-order chi connectivity index (χ0) is 21.3. The molecule has 2 aromatic rings. The number of amides is 2. The predicted molar refractivity (Wildman–Crippen MR) is 121 cm³/mol. The van der Waals surface area contributed by atoms with Gasteiger partial charge in [0.2, 0.25) is 0 Å². The summed E-state index contributed by atoms with van der Waals surface area (Å²) >= 11 is 1.37. The number of benzene rings is 2. The Kier molecular flexibility index (Phi) is 5.95. The number of rotatable bonds is 5. The van der Waals surface area contributed by atoms with Crippen LogP contribution in [-0.2, 0) is 9.59 Å². The molecule has 0 radical (unpaired) electrons. The van der Waals surface area contributed by atoms with Gasteiger partial charge in [0.1, 0.15) is 5.82 Å². The smallest absolute Gasteiger partial charge is 0.272 e. The van der Waals surface area contributed by atoms with Crippen molar-refractivity contribution >= 4 is 40.5 Å². The van der Waals surface area contributed by atoms with E-state index in [2.05, 4.69) is 4.90 Å². The fraction of sp³-hybridized carbons (Fsp3) is 0.333. The van der Waals surface area contributed by atoms with E-state index in [0.29, 0.717) is 21.7 Å². The van der Waals surface area contributed by atoms with Gasteiger partial charge in [-0.2, -0.15) is 0 Å². The molecule has 0 spiro atoms. The van der Waals surface area contributed by atoms with Crippen molar-refractivity contribution < 1.29 is 14.0 Å². The molecular weight excluding hydrogens is 399 g/mol. The second-order valence-electron chi connectivity index (χ2n) is 7.89. The molecule has 1 saturated heterocycles. The molecule has 0 unspecified atom stereocenters. The van der Waals surface area contributed by atoms with Crippen molar-refractivity contribution in [1.82, 2.24) is 0 Å². The van der Waals surface area contributed by atoms with E-state index in [1.807, 2.05) is 38.1 Å². The first-order valence-corrected chi connectivity index (χ1v) is 11.2. The molecule has 2 aliphatic heterocycles. The average molecular weight is 425 g/mol. The van der Waals surface area contributed by atoms with Gasteiger partial charge in [-0.25, -0.2) is 9.29 Å². The van der Waals surface area contributed by atoms with Crippen molar-refractivity contribution in [3.05, 3.63) is 64.8 Å². The minimum atomic E-state index is -0.376. The Morgan fingerprint density at radius 3 is 2.03 bits per heavy atom. The van der Waals surface area contributed by atoms with E-state index in [1.165, 1.54) is 48.1 Å². The summed E-state index contributed by atoms with van der Waals surface area (Å²) in [5.74, 6) is -1.05. The number of imide groups is 1. The minimum Gasteiger partial charge on any atom is -0.372 e. The number of anilines is 2. The normalized spacial score (nSPS) is 17.5. The zero-order valence-corrected chi connectivity index (χ0v) is 18.0. The molecule has 4 rings (SSSR count). The molecule has 2 aromatic carbocycles. The largest absolute Gasteiger partial charge is 0.372 e. The highest BCUT2D eigenvalue weighted by Crippen LogP contribution is 2.40. The fourth-order valence-corrected chi connectivity index (χ4v) is 4.91. The summed E-state index contributed by atoms with van der Waals surface area (Å²) < 4.78 is 13.4. The summed E-state index contributed by atoms with van der Waals surface area (Å²) in [4.78, 5) is 30.5. The Bertz CT molecular complexity index is 977. The van der Waals surface area contributed by atoms with E-state index in [4.69, 9.17) is 0 Å². The molecule has 0 bridgehead atoms. The Labute approximate surface area is 180 Å². The second kappa shape index (κ2) is 8.64. The maximum atomic E-state index is 13.4.